The summed E-state index contributed by atoms with van der Waals surface area (Å²) >= 11 is 3.25. The van der Waals surface area contributed by atoms with E-state index >= 15 is 0 Å². The first kappa shape index (κ1) is 19.0. The smallest absolute Gasteiger partial charge is 0.274 e. The first-order chi connectivity index (χ1) is 12.7. The van der Waals surface area contributed by atoms with Crippen LogP contribution in [-0.2, 0) is 10.3 Å². The van der Waals surface area contributed by atoms with Gasteiger partial charge in [-0.2, -0.15) is 0 Å². The number of carbonyl (C=O) groups excluding carboxylic acids is 2. The van der Waals surface area contributed by atoms with Gasteiger partial charge in [-0.1, -0.05) is 0 Å². The molecular formula is C18H17BrFN5O2. The van der Waals surface area contributed by atoms with Crippen LogP contribution in [0.2, 0.25) is 0 Å². The average Bonchev–Trinajstić information content (AvgIpc) is 2.61. The third kappa shape index (κ3) is 3.82. The Morgan fingerprint density at radius 2 is 2.11 bits per heavy atom. The van der Waals surface area contributed by atoms with E-state index in [0.717, 1.165) is 4.47 Å². The molecule has 1 aliphatic heterocycles. The summed E-state index contributed by atoms with van der Waals surface area (Å²) in [6, 6.07) is 7.37. The molecule has 3 N–H and O–H groups in total. The molecule has 7 nitrogen and oxygen atoms in total. The van der Waals surface area contributed by atoms with Crippen LogP contribution in [-0.4, -0.2) is 34.7 Å². The molecule has 0 saturated heterocycles. The van der Waals surface area contributed by atoms with Crippen LogP contribution in [0.15, 0.2) is 46.0 Å². The Hall–Kier alpha value is -2.81. The summed E-state index contributed by atoms with van der Waals surface area (Å²) in [7, 11) is 1.51. The van der Waals surface area contributed by atoms with Gasteiger partial charge in [-0.15, -0.1) is 0 Å². The molecule has 1 unspecified atom stereocenters. The number of benzene rings is 1. The highest BCUT2D eigenvalue weighted by atomic mass is 79.9. The van der Waals surface area contributed by atoms with Crippen LogP contribution in [0.5, 0.6) is 0 Å². The highest BCUT2D eigenvalue weighted by Crippen LogP contribution is 2.35. The minimum atomic E-state index is -1.16. The number of nitrogens with zero attached hydrogens (tertiary/aromatic N) is 3. The van der Waals surface area contributed by atoms with E-state index in [2.05, 4.69) is 31.2 Å². The number of rotatable bonds is 3. The number of hydrogen-bond donors (Lipinski definition) is 2. The molecule has 1 aromatic heterocycles. The molecule has 0 spiro atoms. The molecule has 2 amide bonds. The van der Waals surface area contributed by atoms with Crippen molar-refractivity contribution in [2.45, 2.75) is 18.9 Å². The van der Waals surface area contributed by atoms with Crippen LogP contribution in [0.4, 0.5) is 10.1 Å². The van der Waals surface area contributed by atoms with Crippen molar-refractivity contribution in [3.8, 4) is 0 Å². The molecule has 0 bridgehead atoms. The maximum absolute atomic E-state index is 14.5. The SMILES string of the molecule is CN1C(=O)CC(C)(c2cc(NC(=O)c3ccc(Br)cn3)ccc2F)N=C1N. The number of hydrogen-bond acceptors (Lipinski definition) is 5. The van der Waals surface area contributed by atoms with Crippen molar-refractivity contribution in [1.29, 1.82) is 0 Å². The number of aliphatic imine (C=N–C) groups is 1. The first-order valence-corrected chi connectivity index (χ1v) is 8.84. The van der Waals surface area contributed by atoms with Crippen LogP contribution < -0.4 is 11.1 Å². The fourth-order valence-corrected chi connectivity index (χ4v) is 3.02. The number of anilines is 1. The summed E-state index contributed by atoms with van der Waals surface area (Å²) in [4.78, 5) is 34.0. The summed E-state index contributed by atoms with van der Waals surface area (Å²) in [6.07, 6.45) is 1.47. The van der Waals surface area contributed by atoms with Gasteiger partial charge in [-0.25, -0.2) is 14.4 Å². The van der Waals surface area contributed by atoms with E-state index in [1.54, 1.807) is 19.1 Å². The number of aromatic nitrogens is 1. The van der Waals surface area contributed by atoms with Crippen molar-refractivity contribution >= 4 is 39.4 Å². The van der Waals surface area contributed by atoms with Crippen LogP contribution in [0.25, 0.3) is 0 Å². The standard InChI is InChI=1S/C18H17BrFN5O2/c1-18(8-15(26)25(2)17(21)24-18)12-7-11(4-5-13(12)20)23-16(27)14-6-3-10(19)9-22-14/h3-7,9H,8H2,1-2H3,(H2,21,24)(H,23,27). The summed E-state index contributed by atoms with van der Waals surface area (Å²) in [6.45, 7) is 1.63. The number of halogens is 2. The summed E-state index contributed by atoms with van der Waals surface area (Å²) in [5.41, 5.74) is 5.38. The lowest BCUT2D eigenvalue weighted by Crippen LogP contribution is -2.47. The van der Waals surface area contributed by atoms with E-state index in [9.17, 15) is 14.0 Å². The second kappa shape index (κ2) is 7.07. The fourth-order valence-electron chi connectivity index (χ4n) is 2.78. The lowest BCUT2D eigenvalue weighted by atomic mass is 9.87. The van der Waals surface area contributed by atoms with Gasteiger partial charge in [0.05, 0.1) is 12.0 Å². The van der Waals surface area contributed by atoms with Crippen LogP contribution in [0, 0.1) is 5.82 Å². The second-order valence-corrected chi connectivity index (χ2v) is 7.30. The maximum Gasteiger partial charge on any atom is 0.274 e. The average molecular weight is 434 g/mol. The van der Waals surface area contributed by atoms with Gasteiger partial charge in [-0.3, -0.25) is 14.5 Å². The van der Waals surface area contributed by atoms with E-state index in [4.69, 9.17) is 5.73 Å². The molecule has 0 saturated carbocycles. The van der Waals surface area contributed by atoms with E-state index in [-0.39, 0.29) is 29.5 Å². The number of pyridine rings is 1. The maximum atomic E-state index is 14.5. The fraction of sp³-hybridized carbons (Fsp3) is 0.222. The van der Waals surface area contributed by atoms with Gasteiger partial charge in [0.1, 0.15) is 11.5 Å². The monoisotopic (exact) mass is 433 g/mol. The second-order valence-electron chi connectivity index (χ2n) is 6.38. The van der Waals surface area contributed by atoms with Gasteiger partial charge in [0, 0.05) is 29.0 Å². The zero-order valence-corrected chi connectivity index (χ0v) is 16.2. The van der Waals surface area contributed by atoms with Crippen LogP contribution in [0.1, 0.15) is 29.4 Å². The third-order valence-corrected chi connectivity index (χ3v) is 4.81. The molecule has 27 heavy (non-hydrogen) atoms. The summed E-state index contributed by atoms with van der Waals surface area (Å²) < 4.78 is 15.2. The topological polar surface area (TPSA) is 101 Å². The highest BCUT2D eigenvalue weighted by Gasteiger charge is 2.38. The predicted molar refractivity (Wildman–Crippen MR) is 103 cm³/mol. The minimum absolute atomic E-state index is 0.0154. The molecule has 3 rings (SSSR count). The molecule has 2 heterocycles. The van der Waals surface area contributed by atoms with E-state index in [0.29, 0.717) is 5.69 Å². The zero-order valence-electron chi connectivity index (χ0n) is 14.7. The zero-order chi connectivity index (χ0) is 19.8. The molecular weight excluding hydrogens is 417 g/mol. The molecule has 1 atom stereocenters. The van der Waals surface area contributed by atoms with Crippen molar-refractivity contribution in [3.05, 3.63) is 58.1 Å². The van der Waals surface area contributed by atoms with Gasteiger partial charge >= 0.3 is 0 Å². The number of guanidine groups is 1. The van der Waals surface area contributed by atoms with Crippen LogP contribution in [0.3, 0.4) is 0 Å². The van der Waals surface area contributed by atoms with Gasteiger partial charge in [0.15, 0.2) is 5.96 Å². The van der Waals surface area contributed by atoms with Gasteiger partial charge in [0.2, 0.25) is 5.91 Å². The Kier molecular flexibility index (Phi) is 4.97. The predicted octanol–water partition coefficient (Wildman–Crippen LogP) is 2.63. The van der Waals surface area contributed by atoms with E-state index in [1.807, 2.05) is 0 Å². The lowest BCUT2D eigenvalue weighted by Gasteiger charge is -2.34. The van der Waals surface area contributed by atoms with Crippen molar-refractivity contribution < 1.29 is 14.0 Å². The number of nitrogens with one attached hydrogen (secondary N) is 1. The van der Waals surface area contributed by atoms with Crippen molar-refractivity contribution in [1.82, 2.24) is 9.88 Å². The van der Waals surface area contributed by atoms with Crippen molar-refractivity contribution in [3.63, 3.8) is 0 Å². The van der Waals surface area contributed by atoms with Gasteiger partial charge in [0.25, 0.3) is 5.91 Å². The first-order valence-electron chi connectivity index (χ1n) is 8.04. The molecule has 1 aromatic carbocycles. The van der Waals surface area contributed by atoms with Crippen molar-refractivity contribution in [2.75, 3.05) is 12.4 Å². The Balaban J connectivity index is 1.92. The highest BCUT2D eigenvalue weighted by molar-refractivity contribution is 9.10. The summed E-state index contributed by atoms with van der Waals surface area (Å²) in [5, 5.41) is 2.67. The van der Waals surface area contributed by atoms with E-state index in [1.165, 1.54) is 36.3 Å². The van der Waals surface area contributed by atoms with Crippen molar-refractivity contribution in [2.24, 2.45) is 10.7 Å². The Bertz CT molecular complexity index is 947. The molecule has 0 aliphatic carbocycles. The lowest BCUT2D eigenvalue weighted by molar-refractivity contribution is -0.128. The Labute approximate surface area is 163 Å². The quantitative estimate of drug-likeness (QED) is 0.776. The molecule has 9 heteroatoms. The Morgan fingerprint density at radius 3 is 2.74 bits per heavy atom. The third-order valence-electron chi connectivity index (χ3n) is 4.34. The van der Waals surface area contributed by atoms with Crippen LogP contribution >= 0.6 is 15.9 Å². The minimum Gasteiger partial charge on any atom is -0.369 e. The van der Waals surface area contributed by atoms with Gasteiger partial charge in [-0.05, 0) is 53.2 Å². The molecule has 1 aliphatic rings. The van der Waals surface area contributed by atoms with E-state index < -0.39 is 17.3 Å². The normalized spacial score (nSPS) is 19.6. The molecule has 2 aromatic rings. The number of carbonyl (C=O) groups is 2. The van der Waals surface area contributed by atoms with Gasteiger partial charge < -0.3 is 11.1 Å². The summed E-state index contributed by atoms with van der Waals surface area (Å²) in [5.74, 6) is -1.22. The molecule has 0 fully saturated rings. The Morgan fingerprint density at radius 1 is 1.37 bits per heavy atom. The number of amides is 2. The molecule has 0 radical (unpaired) electrons. The number of nitrogens with two attached hydrogens (primary N) is 1. The largest absolute Gasteiger partial charge is 0.369 e. The molecule has 140 valence electrons.